The first-order valence-corrected chi connectivity index (χ1v) is 14.7. The Morgan fingerprint density at radius 1 is 1.05 bits per heavy atom. The van der Waals surface area contributed by atoms with E-state index in [9.17, 15) is 9.59 Å². The van der Waals surface area contributed by atoms with Gasteiger partial charge in [0.05, 0.1) is 28.8 Å². The Morgan fingerprint density at radius 3 is 2.59 bits per heavy atom. The molecule has 6 nitrogen and oxygen atoms in total. The van der Waals surface area contributed by atoms with Crippen LogP contribution in [0.4, 0.5) is 0 Å². The van der Waals surface area contributed by atoms with Crippen LogP contribution in [0.25, 0.3) is 6.08 Å². The number of hydrogen-bond acceptors (Lipinski definition) is 7. The van der Waals surface area contributed by atoms with E-state index in [0.717, 1.165) is 52.8 Å². The minimum atomic E-state index is -0.0522. The summed E-state index contributed by atoms with van der Waals surface area (Å²) in [6.07, 6.45) is 11.6. The molecule has 8 heteroatoms. The van der Waals surface area contributed by atoms with E-state index in [1.165, 1.54) is 11.1 Å². The first-order chi connectivity index (χ1) is 17.8. The normalized spacial score (nSPS) is 12.9. The van der Waals surface area contributed by atoms with Gasteiger partial charge in [-0.05, 0) is 30.0 Å². The molecule has 2 heterocycles. The summed E-state index contributed by atoms with van der Waals surface area (Å²) in [6, 6.07) is 8.22. The highest BCUT2D eigenvalue weighted by Crippen LogP contribution is 2.30. The van der Waals surface area contributed by atoms with Crippen LogP contribution in [0.2, 0.25) is 0 Å². The van der Waals surface area contributed by atoms with E-state index in [1.807, 2.05) is 18.3 Å². The number of amides is 1. The summed E-state index contributed by atoms with van der Waals surface area (Å²) in [5.74, 6) is 2.54. The number of aromatic nitrogens is 2. The third-order valence-electron chi connectivity index (χ3n) is 6.19. The van der Waals surface area contributed by atoms with Crippen LogP contribution in [0.5, 0.6) is 0 Å². The van der Waals surface area contributed by atoms with Gasteiger partial charge in [-0.2, -0.15) is 0 Å². The molecule has 0 unspecified atom stereocenters. The van der Waals surface area contributed by atoms with Crippen molar-refractivity contribution in [2.75, 3.05) is 0 Å². The smallest absolute Gasteiger partial charge is 0.224 e. The van der Waals surface area contributed by atoms with E-state index in [0.29, 0.717) is 30.9 Å². The SMILES string of the molecule is CC(C)(C)c1cnc(CSc2cnc(CC(=O)CCCCCCC(=O)NC3=Cc4ccccc4C3)s2)o1. The number of Topliss-reactive ketones (excluding diaryl/α,β-unsaturated/α-hetero) is 1. The summed E-state index contributed by atoms with van der Waals surface area (Å²) in [5, 5.41) is 3.90. The fourth-order valence-corrected chi connectivity index (χ4v) is 6.02. The fraction of sp³-hybridized carbons (Fsp3) is 0.448. The maximum absolute atomic E-state index is 12.4. The van der Waals surface area contributed by atoms with Gasteiger partial charge in [-0.3, -0.25) is 9.59 Å². The van der Waals surface area contributed by atoms with Gasteiger partial charge in [0.1, 0.15) is 16.6 Å². The standard InChI is InChI=1S/C29H35N3O3S2/c1-29(2,3)24-17-30-26(35-24)19-36-28-18-31-27(37-28)16-23(33)12-6-4-5-7-13-25(34)32-22-14-20-10-8-9-11-21(20)15-22/h8-11,14,17-18H,4-7,12-13,15-16,19H2,1-3H3,(H,32,34). The number of nitrogens with zero attached hydrogens (tertiary/aromatic N) is 2. The van der Waals surface area contributed by atoms with Crippen molar-refractivity contribution in [1.29, 1.82) is 0 Å². The van der Waals surface area contributed by atoms with Crippen LogP contribution < -0.4 is 5.32 Å². The molecule has 0 saturated carbocycles. The van der Waals surface area contributed by atoms with Gasteiger partial charge in [0.15, 0.2) is 0 Å². The van der Waals surface area contributed by atoms with Crippen LogP contribution in [-0.2, 0) is 33.6 Å². The molecule has 1 aromatic carbocycles. The number of rotatable bonds is 13. The van der Waals surface area contributed by atoms with Crippen LogP contribution in [0.3, 0.4) is 0 Å². The molecule has 196 valence electrons. The second-order valence-electron chi connectivity index (χ2n) is 10.5. The van der Waals surface area contributed by atoms with Crippen LogP contribution in [-0.4, -0.2) is 21.7 Å². The minimum Gasteiger partial charge on any atom is -0.444 e. The van der Waals surface area contributed by atoms with Gasteiger partial charge in [0, 0.05) is 30.4 Å². The van der Waals surface area contributed by atoms with Gasteiger partial charge in [-0.25, -0.2) is 9.97 Å². The number of thioether (sulfide) groups is 1. The molecule has 0 radical (unpaired) electrons. The number of carbonyl (C=O) groups excluding carboxylic acids is 2. The number of ketones is 1. The molecule has 1 amide bonds. The maximum Gasteiger partial charge on any atom is 0.224 e. The zero-order valence-electron chi connectivity index (χ0n) is 21.8. The summed E-state index contributed by atoms with van der Waals surface area (Å²) in [6.45, 7) is 6.31. The quantitative estimate of drug-likeness (QED) is 0.189. The molecule has 37 heavy (non-hydrogen) atoms. The predicted molar refractivity (Wildman–Crippen MR) is 150 cm³/mol. The Morgan fingerprint density at radius 2 is 1.84 bits per heavy atom. The Hall–Kier alpha value is -2.71. The molecule has 0 fully saturated rings. The molecule has 0 spiro atoms. The van der Waals surface area contributed by atoms with Crippen molar-refractivity contribution in [3.8, 4) is 0 Å². The number of benzene rings is 1. The highest BCUT2D eigenvalue weighted by atomic mass is 32.2. The zero-order chi connectivity index (χ0) is 26.3. The number of hydrogen-bond donors (Lipinski definition) is 1. The molecule has 0 atom stereocenters. The number of fused-ring (bicyclic) bond motifs is 1. The topological polar surface area (TPSA) is 85.1 Å². The Balaban J connectivity index is 1.06. The predicted octanol–water partition coefficient (Wildman–Crippen LogP) is 6.89. The van der Waals surface area contributed by atoms with Crippen LogP contribution in [0.15, 0.2) is 51.0 Å². The largest absolute Gasteiger partial charge is 0.444 e. The second kappa shape index (κ2) is 12.7. The zero-order valence-corrected chi connectivity index (χ0v) is 23.5. The van der Waals surface area contributed by atoms with Gasteiger partial charge < -0.3 is 9.73 Å². The lowest BCUT2D eigenvalue weighted by Crippen LogP contribution is -2.22. The summed E-state index contributed by atoms with van der Waals surface area (Å²) >= 11 is 3.20. The van der Waals surface area contributed by atoms with E-state index in [1.54, 1.807) is 29.3 Å². The van der Waals surface area contributed by atoms with Crippen molar-refractivity contribution >= 4 is 40.9 Å². The second-order valence-corrected chi connectivity index (χ2v) is 12.8. The number of nitrogens with one attached hydrogen (secondary N) is 1. The van der Waals surface area contributed by atoms with Crippen molar-refractivity contribution in [2.45, 2.75) is 87.5 Å². The van der Waals surface area contributed by atoms with Gasteiger partial charge in [-0.15, -0.1) is 23.1 Å². The monoisotopic (exact) mass is 537 g/mol. The fourth-order valence-electron chi connectivity index (χ4n) is 4.12. The lowest BCUT2D eigenvalue weighted by molar-refractivity contribution is -0.121. The summed E-state index contributed by atoms with van der Waals surface area (Å²) in [5.41, 5.74) is 3.38. The van der Waals surface area contributed by atoms with Gasteiger partial charge >= 0.3 is 0 Å². The molecule has 3 aromatic rings. The minimum absolute atomic E-state index is 0.0522. The first-order valence-electron chi connectivity index (χ1n) is 12.9. The summed E-state index contributed by atoms with van der Waals surface area (Å²) in [4.78, 5) is 33.4. The Kier molecular flexibility index (Phi) is 9.38. The van der Waals surface area contributed by atoms with E-state index in [-0.39, 0.29) is 17.1 Å². The van der Waals surface area contributed by atoms with E-state index >= 15 is 0 Å². The third-order valence-corrected chi connectivity index (χ3v) is 8.36. The molecule has 1 aliphatic carbocycles. The van der Waals surface area contributed by atoms with Crippen LogP contribution >= 0.6 is 23.1 Å². The molecule has 2 aromatic heterocycles. The molecule has 0 aliphatic heterocycles. The third kappa shape index (κ3) is 8.40. The number of unbranched alkanes of at least 4 members (excludes halogenated alkanes) is 3. The number of carbonyl (C=O) groups is 2. The number of allylic oxidation sites excluding steroid dienone is 1. The Labute approximate surface area is 227 Å². The summed E-state index contributed by atoms with van der Waals surface area (Å²) in [7, 11) is 0. The maximum atomic E-state index is 12.4. The molecular formula is C29H35N3O3S2. The summed E-state index contributed by atoms with van der Waals surface area (Å²) < 4.78 is 6.91. The van der Waals surface area contributed by atoms with E-state index in [4.69, 9.17) is 4.42 Å². The van der Waals surface area contributed by atoms with E-state index in [2.05, 4.69) is 54.3 Å². The molecule has 1 aliphatic rings. The Bertz CT molecular complexity index is 1250. The van der Waals surface area contributed by atoms with Crippen molar-refractivity contribution in [2.24, 2.45) is 0 Å². The lowest BCUT2D eigenvalue weighted by atomic mass is 9.94. The number of oxazole rings is 1. The van der Waals surface area contributed by atoms with Crippen LogP contribution in [0.1, 0.15) is 87.1 Å². The van der Waals surface area contributed by atoms with Gasteiger partial charge in [-0.1, -0.05) is 57.9 Å². The average molecular weight is 538 g/mol. The molecular weight excluding hydrogens is 502 g/mol. The first kappa shape index (κ1) is 27.3. The highest BCUT2D eigenvalue weighted by molar-refractivity contribution is 8.00. The molecule has 0 saturated heterocycles. The van der Waals surface area contributed by atoms with Crippen molar-refractivity contribution in [1.82, 2.24) is 15.3 Å². The molecule has 4 rings (SSSR count). The number of thiazole rings is 1. The molecule has 1 N–H and O–H groups in total. The van der Waals surface area contributed by atoms with Crippen molar-refractivity contribution in [3.63, 3.8) is 0 Å². The van der Waals surface area contributed by atoms with Crippen molar-refractivity contribution in [3.05, 3.63) is 70.1 Å². The average Bonchev–Trinajstić information content (AvgIpc) is 3.59. The van der Waals surface area contributed by atoms with Gasteiger partial charge in [0.25, 0.3) is 0 Å². The molecule has 0 bridgehead atoms. The van der Waals surface area contributed by atoms with Crippen molar-refractivity contribution < 1.29 is 14.0 Å². The van der Waals surface area contributed by atoms with Gasteiger partial charge in [0.2, 0.25) is 11.8 Å². The lowest BCUT2D eigenvalue weighted by Gasteiger charge is -2.12. The van der Waals surface area contributed by atoms with E-state index < -0.39 is 0 Å². The highest BCUT2D eigenvalue weighted by Gasteiger charge is 2.19. The van der Waals surface area contributed by atoms with Crippen LogP contribution in [0, 0.1) is 0 Å².